The average Bonchev–Trinajstić information content (AvgIpc) is 3.22. The van der Waals surface area contributed by atoms with Crippen LogP contribution in [0.2, 0.25) is 0 Å². The number of rotatable bonds is 41. The van der Waals surface area contributed by atoms with Gasteiger partial charge in [0.1, 0.15) is 13.2 Å². The van der Waals surface area contributed by atoms with E-state index in [0.717, 1.165) is 96.3 Å². The second-order valence-electron chi connectivity index (χ2n) is 15.3. The van der Waals surface area contributed by atoms with Gasteiger partial charge in [-0.15, -0.1) is 0 Å². The van der Waals surface area contributed by atoms with Crippen LogP contribution in [0.25, 0.3) is 0 Å². The summed E-state index contributed by atoms with van der Waals surface area (Å²) < 4.78 is 16.7. The van der Waals surface area contributed by atoms with E-state index in [9.17, 15) is 14.4 Å². The van der Waals surface area contributed by atoms with Gasteiger partial charge in [-0.3, -0.25) is 14.4 Å². The van der Waals surface area contributed by atoms with Crippen molar-refractivity contribution in [3.63, 3.8) is 0 Å². The molecule has 0 fully saturated rings. The summed E-state index contributed by atoms with van der Waals surface area (Å²) in [6.07, 6.45) is 58.5. The van der Waals surface area contributed by atoms with E-state index in [-0.39, 0.29) is 37.5 Å². The summed E-state index contributed by atoms with van der Waals surface area (Å²) in [6.45, 7) is 6.31. The van der Waals surface area contributed by atoms with Gasteiger partial charge in [0, 0.05) is 19.3 Å². The molecule has 1 unspecified atom stereocenters. The summed E-state index contributed by atoms with van der Waals surface area (Å²) in [5.74, 6) is -0.972. The first kappa shape index (κ1) is 54.6. The molecule has 0 aliphatic rings. The van der Waals surface area contributed by atoms with Gasteiger partial charge in [-0.05, 0) is 89.9 Å². The molecule has 6 nitrogen and oxygen atoms in total. The molecular formula is C52H86O6. The van der Waals surface area contributed by atoms with Crippen LogP contribution in [0.3, 0.4) is 0 Å². The number of hydrogen-bond donors (Lipinski definition) is 0. The fourth-order valence-electron chi connectivity index (χ4n) is 6.19. The Balaban J connectivity index is 4.49. The van der Waals surface area contributed by atoms with Gasteiger partial charge in [0.05, 0.1) is 0 Å². The molecule has 0 aromatic carbocycles. The average molecular weight is 807 g/mol. The topological polar surface area (TPSA) is 78.9 Å². The highest BCUT2D eigenvalue weighted by atomic mass is 16.6. The molecule has 1 atom stereocenters. The zero-order chi connectivity index (χ0) is 42.3. The van der Waals surface area contributed by atoms with Crippen molar-refractivity contribution in [2.24, 2.45) is 0 Å². The molecule has 0 saturated heterocycles. The molecule has 0 aromatic rings. The number of ether oxygens (including phenoxy) is 3. The summed E-state index contributed by atoms with van der Waals surface area (Å²) in [6, 6.07) is 0. The van der Waals surface area contributed by atoms with Crippen molar-refractivity contribution in [3.8, 4) is 0 Å². The van der Waals surface area contributed by atoms with Gasteiger partial charge in [0.25, 0.3) is 0 Å². The summed E-state index contributed by atoms with van der Waals surface area (Å²) in [4.78, 5) is 37.8. The lowest BCUT2D eigenvalue weighted by Gasteiger charge is -2.18. The van der Waals surface area contributed by atoms with Crippen LogP contribution in [0.5, 0.6) is 0 Å². The number of carbonyl (C=O) groups excluding carboxylic acids is 3. The number of esters is 3. The normalized spacial score (nSPS) is 12.8. The van der Waals surface area contributed by atoms with Crippen molar-refractivity contribution < 1.29 is 28.6 Å². The highest BCUT2D eigenvalue weighted by molar-refractivity contribution is 5.71. The number of unbranched alkanes of at least 4 members (excludes halogenated alkanes) is 19. The zero-order valence-electron chi connectivity index (χ0n) is 37.5. The van der Waals surface area contributed by atoms with Gasteiger partial charge in [-0.2, -0.15) is 0 Å². The van der Waals surface area contributed by atoms with E-state index in [1.54, 1.807) is 0 Å². The smallest absolute Gasteiger partial charge is 0.306 e. The molecule has 0 aromatic heterocycles. The molecule has 0 bridgehead atoms. The molecule has 0 heterocycles. The fourth-order valence-corrected chi connectivity index (χ4v) is 6.19. The molecule has 0 amide bonds. The van der Waals surface area contributed by atoms with E-state index in [2.05, 4.69) is 69.4 Å². The van der Waals surface area contributed by atoms with Crippen LogP contribution in [-0.2, 0) is 28.6 Å². The van der Waals surface area contributed by atoms with Crippen LogP contribution in [0.4, 0.5) is 0 Å². The number of allylic oxidation sites excluding steroid dienone is 14. The Kier molecular flexibility index (Phi) is 43.6. The standard InChI is InChI=1S/C52H86O6/c1-4-7-10-13-16-19-22-25-28-30-33-36-39-42-45-51(54)57-48-49(58-52(55)46-43-40-37-34-31-27-24-21-18-15-12-9-6-3)47-56-50(53)44-41-38-35-32-29-26-23-20-17-14-11-8-5-2/h7,9-10,12,15-16,18-19,21,24,26-27,29,31,49H,4-6,8,11,13-14,17,20,22-23,25,28,30,32-48H2,1-3H3/b10-7-,12-9-,18-15-,19-16-,24-21-,29-26-,31-27-. The van der Waals surface area contributed by atoms with Crippen molar-refractivity contribution in [3.05, 3.63) is 85.1 Å². The Morgan fingerprint density at radius 3 is 1.28 bits per heavy atom. The Morgan fingerprint density at radius 1 is 0.379 bits per heavy atom. The summed E-state index contributed by atoms with van der Waals surface area (Å²) in [7, 11) is 0. The maximum absolute atomic E-state index is 12.7. The molecule has 0 rings (SSSR count). The third-order valence-corrected chi connectivity index (χ3v) is 9.71. The summed E-state index contributed by atoms with van der Waals surface area (Å²) in [5.41, 5.74) is 0. The van der Waals surface area contributed by atoms with Crippen LogP contribution in [-0.4, -0.2) is 37.2 Å². The largest absolute Gasteiger partial charge is 0.462 e. The molecule has 0 aliphatic carbocycles. The van der Waals surface area contributed by atoms with Gasteiger partial charge in [0.15, 0.2) is 6.10 Å². The van der Waals surface area contributed by atoms with Crippen molar-refractivity contribution >= 4 is 17.9 Å². The first-order chi connectivity index (χ1) is 28.5. The summed E-state index contributed by atoms with van der Waals surface area (Å²) in [5, 5.41) is 0. The minimum absolute atomic E-state index is 0.103. The highest BCUT2D eigenvalue weighted by Crippen LogP contribution is 2.13. The second kappa shape index (κ2) is 46.3. The van der Waals surface area contributed by atoms with E-state index in [0.29, 0.717) is 19.3 Å². The Labute approximate surface area is 356 Å². The van der Waals surface area contributed by atoms with Gasteiger partial charge in [-0.25, -0.2) is 0 Å². The molecule has 0 spiro atoms. The number of carbonyl (C=O) groups is 3. The highest BCUT2D eigenvalue weighted by Gasteiger charge is 2.19. The van der Waals surface area contributed by atoms with Gasteiger partial charge >= 0.3 is 17.9 Å². The van der Waals surface area contributed by atoms with Crippen molar-refractivity contribution in [2.75, 3.05) is 13.2 Å². The molecule has 0 saturated carbocycles. The van der Waals surface area contributed by atoms with E-state index in [1.165, 1.54) is 64.2 Å². The maximum atomic E-state index is 12.7. The lowest BCUT2D eigenvalue weighted by molar-refractivity contribution is -0.167. The van der Waals surface area contributed by atoms with E-state index in [1.807, 2.05) is 36.5 Å². The minimum atomic E-state index is -0.805. The maximum Gasteiger partial charge on any atom is 0.306 e. The predicted molar refractivity (Wildman–Crippen MR) is 247 cm³/mol. The quantitative estimate of drug-likeness (QED) is 0.0201. The Bertz CT molecular complexity index is 1160. The molecule has 0 N–H and O–H groups in total. The predicted octanol–water partition coefficient (Wildman–Crippen LogP) is 15.3. The van der Waals surface area contributed by atoms with Crippen LogP contribution in [0, 0.1) is 0 Å². The Hall–Kier alpha value is -3.41. The van der Waals surface area contributed by atoms with Crippen LogP contribution >= 0.6 is 0 Å². The molecule has 6 heteroatoms. The molecule has 0 aliphatic heterocycles. The third kappa shape index (κ3) is 43.7. The second-order valence-corrected chi connectivity index (χ2v) is 15.3. The van der Waals surface area contributed by atoms with Gasteiger partial charge in [0.2, 0.25) is 0 Å². The fraction of sp³-hybridized carbons (Fsp3) is 0.673. The first-order valence-corrected chi connectivity index (χ1v) is 23.6. The third-order valence-electron chi connectivity index (χ3n) is 9.71. The SMILES string of the molecule is CC\C=C/C=C\C=C/C=C\CCCCCC(=O)OC(COC(=O)CCCCC/C=C\CCCCCCCC)COC(=O)CCCCCCCCC/C=C\C/C=C\CC. The van der Waals surface area contributed by atoms with Crippen molar-refractivity contribution in [1.29, 1.82) is 0 Å². The van der Waals surface area contributed by atoms with Gasteiger partial charge < -0.3 is 14.2 Å². The van der Waals surface area contributed by atoms with Gasteiger partial charge in [-0.1, -0.05) is 183 Å². The monoisotopic (exact) mass is 807 g/mol. The zero-order valence-corrected chi connectivity index (χ0v) is 37.5. The van der Waals surface area contributed by atoms with Crippen molar-refractivity contribution in [1.82, 2.24) is 0 Å². The minimum Gasteiger partial charge on any atom is -0.462 e. The molecular weight excluding hydrogens is 721 g/mol. The van der Waals surface area contributed by atoms with Crippen LogP contribution < -0.4 is 0 Å². The van der Waals surface area contributed by atoms with Crippen LogP contribution in [0.15, 0.2) is 85.1 Å². The van der Waals surface area contributed by atoms with E-state index >= 15 is 0 Å². The van der Waals surface area contributed by atoms with E-state index in [4.69, 9.17) is 14.2 Å². The van der Waals surface area contributed by atoms with E-state index < -0.39 is 6.10 Å². The Morgan fingerprint density at radius 2 is 0.759 bits per heavy atom. The molecule has 330 valence electrons. The summed E-state index contributed by atoms with van der Waals surface area (Å²) >= 11 is 0. The number of hydrogen-bond acceptors (Lipinski definition) is 6. The van der Waals surface area contributed by atoms with Crippen molar-refractivity contribution in [2.45, 2.75) is 213 Å². The molecule has 58 heavy (non-hydrogen) atoms. The van der Waals surface area contributed by atoms with Crippen LogP contribution in [0.1, 0.15) is 207 Å². The lowest BCUT2D eigenvalue weighted by atomic mass is 10.1. The first-order valence-electron chi connectivity index (χ1n) is 23.6. The lowest BCUT2D eigenvalue weighted by Crippen LogP contribution is -2.30. The molecule has 0 radical (unpaired) electrons.